The molecule has 108 valence electrons. The lowest BCUT2D eigenvalue weighted by atomic mass is 10.0. The van der Waals surface area contributed by atoms with E-state index >= 15 is 0 Å². The van der Waals surface area contributed by atoms with Crippen LogP contribution in [0.3, 0.4) is 0 Å². The Morgan fingerprint density at radius 2 is 2.30 bits per heavy atom. The van der Waals surface area contributed by atoms with Crippen molar-refractivity contribution in [3.05, 3.63) is 27.7 Å². The molecule has 0 bridgehead atoms. The van der Waals surface area contributed by atoms with Crippen LogP contribution in [0.2, 0.25) is 0 Å². The summed E-state index contributed by atoms with van der Waals surface area (Å²) in [6, 6.07) is 5.71. The molecule has 0 fully saturated rings. The van der Waals surface area contributed by atoms with Crippen molar-refractivity contribution >= 4 is 21.8 Å². The van der Waals surface area contributed by atoms with Crippen LogP contribution in [0.1, 0.15) is 18.1 Å². The first kappa shape index (κ1) is 16.5. The maximum Gasteiger partial charge on any atom is 0.258 e. The molecule has 1 aromatic rings. The minimum atomic E-state index is -0.319. The van der Waals surface area contributed by atoms with Gasteiger partial charge < -0.3 is 15.8 Å². The molecule has 0 saturated heterocycles. The average Bonchev–Trinajstić information content (AvgIpc) is 2.34. The average molecular weight is 340 g/mol. The van der Waals surface area contributed by atoms with E-state index in [1.165, 1.54) is 0 Å². The van der Waals surface area contributed by atoms with Crippen molar-refractivity contribution in [2.24, 2.45) is 5.73 Å². The molecule has 1 unspecified atom stereocenters. The number of halogens is 1. The molecule has 0 aliphatic carbocycles. The van der Waals surface area contributed by atoms with Crippen LogP contribution in [0.5, 0.6) is 5.75 Å². The van der Waals surface area contributed by atoms with Gasteiger partial charge in [0.1, 0.15) is 12.3 Å². The molecular weight excluding hydrogens is 322 g/mol. The van der Waals surface area contributed by atoms with Crippen molar-refractivity contribution in [1.82, 2.24) is 5.32 Å². The lowest BCUT2D eigenvalue weighted by Crippen LogP contribution is -2.29. The molecule has 1 aromatic carbocycles. The van der Waals surface area contributed by atoms with Gasteiger partial charge in [-0.25, -0.2) is 0 Å². The minimum Gasteiger partial charge on any atom is -0.483 e. The van der Waals surface area contributed by atoms with E-state index in [1.54, 1.807) is 0 Å². The molecule has 1 rings (SSSR count). The van der Waals surface area contributed by atoms with Crippen LogP contribution in [0.15, 0.2) is 16.6 Å². The van der Waals surface area contributed by atoms with E-state index in [-0.39, 0.29) is 25.1 Å². The first-order chi connectivity index (χ1) is 9.43. The normalized spacial score (nSPS) is 11.6. The zero-order valence-corrected chi connectivity index (χ0v) is 13.2. The van der Waals surface area contributed by atoms with E-state index in [0.717, 1.165) is 15.6 Å². The number of carbonyl (C=O) groups is 1. The van der Waals surface area contributed by atoms with Gasteiger partial charge in [0.05, 0.1) is 6.07 Å². The highest BCUT2D eigenvalue weighted by molar-refractivity contribution is 9.10. The molecule has 0 radical (unpaired) electrons. The van der Waals surface area contributed by atoms with Crippen molar-refractivity contribution in [3.63, 3.8) is 0 Å². The third-order valence-corrected chi connectivity index (χ3v) is 3.03. The quantitative estimate of drug-likeness (QED) is 0.771. The number of benzene rings is 1. The first-order valence-electron chi connectivity index (χ1n) is 6.25. The Morgan fingerprint density at radius 3 is 2.90 bits per heavy atom. The van der Waals surface area contributed by atoms with E-state index in [9.17, 15) is 4.79 Å². The molecule has 0 saturated carbocycles. The molecule has 1 atom stereocenters. The molecule has 1 amide bonds. The Kier molecular flexibility index (Phi) is 6.49. The van der Waals surface area contributed by atoms with Crippen molar-refractivity contribution < 1.29 is 9.53 Å². The number of aryl methyl sites for hydroxylation is 1. The van der Waals surface area contributed by atoms with E-state index in [0.29, 0.717) is 12.2 Å². The molecule has 0 aliphatic heterocycles. The van der Waals surface area contributed by atoms with Gasteiger partial charge in [0.15, 0.2) is 6.61 Å². The number of hydrogen-bond donors (Lipinski definition) is 2. The fraction of sp³-hybridized carbons (Fsp3) is 0.429. The second kappa shape index (κ2) is 7.88. The number of nitrogens with one attached hydrogen (secondary N) is 1. The van der Waals surface area contributed by atoms with E-state index in [2.05, 4.69) is 21.2 Å². The lowest BCUT2D eigenvalue weighted by Gasteiger charge is -2.16. The molecule has 20 heavy (non-hydrogen) atoms. The second-order valence-electron chi connectivity index (χ2n) is 4.62. The van der Waals surface area contributed by atoms with Gasteiger partial charge >= 0.3 is 0 Å². The van der Waals surface area contributed by atoms with Gasteiger partial charge in [0, 0.05) is 10.5 Å². The summed E-state index contributed by atoms with van der Waals surface area (Å²) in [7, 11) is 0. The molecule has 0 aromatic heterocycles. The second-order valence-corrected chi connectivity index (χ2v) is 5.53. The maximum atomic E-state index is 11.5. The first-order valence-corrected chi connectivity index (χ1v) is 7.04. The molecule has 0 aliphatic rings. The number of ether oxygens (including phenoxy) is 1. The van der Waals surface area contributed by atoms with Crippen molar-refractivity contribution in [1.29, 1.82) is 5.26 Å². The van der Waals surface area contributed by atoms with Gasteiger partial charge in [-0.3, -0.25) is 4.79 Å². The molecular formula is C14H18BrN3O2. The fourth-order valence-electron chi connectivity index (χ4n) is 1.83. The van der Waals surface area contributed by atoms with Crippen molar-refractivity contribution in [2.75, 3.05) is 13.2 Å². The third-order valence-electron chi connectivity index (χ3n) is 2.57. The SMILES string of the molecule is Cc1cc(Br)cc(CC(C)N)c1OCC(=O)NCC#N. The van der Waals surface area contributed by atoms with Crippen LogP contribution >= 0.6 is 15.9 Å². The Bertz CT molecular complexity index is 524. The largest absolute Gasteiger partial charge is 0.483 e. The number of nitrogens with two attached hydrogens (primary N) is 1. The van der Waals surface area contributed by atoms with Crippen LogP contribution in [0.4, 0.5) is 0 Å². The van der Waals surface area contributed by atoms with E-state index in [1.807, 2.05) is 32.0 Å². The molecule has 6 heteroatoms. The molecule has 3 N–H and O–H groups in total. The highest BCUT2D eigenvalue weighted by Crippen LogP contribution is 2.29. The predicted octanol–water partition coefficient (Wildman–Crippen LogP) is 1.67. The zero-order valence-electron chi connectivity index (χ0n) is 11.6. The standard InChI is InChI=1S/C14H18BrN3O2/c1-9-5-12(15)7-11(6-10(2)17)14(9)20-8-13(19)18-4-3-16/h5,7,10H,4,6,8,17H2,1-2H3,(H,18,19). The van der Waals surface area contributed by atoms with Crippen LogP contribution in [-0.2, 0) is 11.2 Å². The summed E-state index contributed by atoms with van der Waals surface area (Å²) >= 11 is 3.44. The summed E-state index contributed by atoms with van der Waals surface area (Å²) in [5, 5.41) is 10.8. The highest BCUT2D eigenvalue weighted by atomic mass is 79.9. The third kappa shape index (κ3) is 5.19. The summed E-state index contributed by atoms with van der Waals surface area (Å²) in [6.07, 6.45) is 0.662. The van der Waals surface area contributed by atoms with Gasteiger partial charge in [0.2, 0.25) is 0 Å². The Hall–Kier alpha value is -1.58. The lowest BCUT2D eigenvalue weighted by molar-refractivity contribution is -0.122. The number of nitrogens with zero attached hydrogens (tertiary/aromatic N) is 1. The summed E-state index contributed by atoms with van der Waals surface area (Å²) in [4.78, 5) is 11.5. The van der Waals surface area contributed by atoms with Gasteiger partial charge in [-0.15, -0.1) is 0 Å². The van der Waals surface area contributed by atoms with Gasteiger partial charge in [-0.1, -0.05) is 15.9 Å². The Labute approximate surface area is 127 Å². The highest BCUT2D eigenvalue weighted by Gasteiger charge is 2.12. The zero-order chi connectivity index (χ0) is 15.1. The van der Waals surface area contributed by atoms with Gasteiger partial charge in [0.25, 0.3) is 5.91 Å². The number of rotatable bonds is 6. The van der Waals surface area contributed by atoms with Crippen LogP contribution in [-0.4, -0.2) is 25.1 Å². The minimum absolute atomic E-state index is 0.00142. The fourth-order valence-corrected chi connectivity index (χ4v) is 2.45. The molecule has 0 heterocycles. The summed E-state index contributed by atoms with van der Waals surface area (Å²) < 4.78 is 6.54. The van der Waals surface area contributed by atoms with E-state index in [4.69, 9.17) is 15.7 Å². The number of nitriles is 1. The van der Waals surface area contributed by atoms with Crippen molar-refractivity contribution in [2.45, 2.75) is 26.3 Å². The number of hydrogen-bond acceptors (Lipinski definition) is 4. The number of amides is 1. The Morgan fingerprint density at radius 1 is 1.60 bits per heavy atom. The smallest absolute Gasteiger partial charge is 0.258 e. The van der Waals surface area contributed by atoms with Gasteiger partial charge in [-0.05, 0) is 43.5 Å². The maximum absolute atomic E-state index is 11.5. The Balaban J connectivity index is 2.82. The molecule has 0 spiro atoms. The predicted molar refractivity (Wildman–Crippen MR) is 80.4 cm³/mol. The van der Waals surface area contributed by atoms with Crippen LogP contribution in [0, 0.1) is 18.3 Å². The van der Waals surface area contributed by atoms with Gasteiger partial charge in [-0.2, -0.15) is 5.26 Å². The summed E-state index contributed by atoms with van der Waals surface area (Å²) in [6.45, 7) is 3.70. The summed E-state index contributed by atoms with van der Waals surface area (Å²) in [5.74, 6) is 0.359. The monoisotopic (exact) mass is 339 g/mol. The van der Waals surface area contributed by atoms with Crippen molar-refractivity contribution in [3.8, 4) is 11.8 Å². The van der Waals surface area contributed by atoms with E-state index < -0.39 is 0 Å². The molecule has 5 nitrogen and oxygen atoms in total. The number of carbonyl (C=O) groups excluding carboxylic acids is 1. The summed E-state index contributed by atoms with van der Waals surface area (Å²) in [5.41, 5.74) is 7.72. The van der Waals surface area contributed by atoms with Crippen LogP contribution in [0.25, 0.3) is 0 Å². The topological polar surface area (TPSA) is 88.1 Å². The van der Waals surface area contributed by atoms with Crippen LogP contribution < -0.4 is 15.8 Å².